The second-order valence-electron chi connectivity index (χ2n) is 6.56. The molecule has 0 aliphatic carbocycles. The van der Waals surface area contributed by atoms with Gasteiger partial charge in [-0.25, -0.2) is 0 Å². The van der Waals surface area contributed by atoms with E-state index < -0.39 is 0 Å². The van der Waals surface area contributed by atoms with Crippen LogP contribution in [0.1, 0.15) is 38.2 Å². The van der Waals surface area contributed by atoms with Crippen LogP contribution in [-0.4, -0.2) is 54.8 Å². The van der Waals surface area contributed by atoms with Gasteiger partial charge in [-0.1, -0.05) is 31.9 Å². The summed E-state index contributed by atoms with van der Waals surface area (Å²) >= 11 is 0. The Morgan fingerprint density at radius 1 is 1.04 bits per heavy atom. The summed E-state index contributed by atoms with van der Waals surface area (Å²) in [7, 11) is 2.08. The van der Waals surface area contributed by atoms with E-state index in [0.29, 0.717) is 12.8 Å². The number of hydrogen-bond acceptors (Lipinski definition) is 3. The van der Waals surface area contributed by atoms with Crippen molar-refractivity contribution in [2.75, 3.05) is 38.5 Å². The summed E-state index contributed by atoms with van der Waals surface area (Å²) < 4.78 is 0. The molecule has 0 saturated carbocycles. The number of likely N-dealkylation sites (N-methyl/N-ethyl adjacent to an activating group) is 1. The van der Waals surface area contributed by atoms with Crippen LogP contribution in [0, 0.1) is 0 Å². The van der Waals surface area contributed by atoms with Gasteiger partial charge in [0.05, 0.1) is 6.42 Å². The fourth-order valence-electron chi connectivity index (χ4n) is 2.81. The van der Waals surface area contributed by atoms with Crippen LogP contribution in [0.25, 0.3) is 0 Å². The zero-order valence-corrected chi connectivity index (χ0v) is 14.9. The van der Waals surface area contributed by atoms with Crippen LogP contribution >= 0.6 is 0 Å². The van der Waals surface area contributed by atoms with Crippen LogP contribution < -0.4 is 5.32 Å². The smallest absolute Gasteiger partial charge is 0.227 e. The number of carbonyl (C=O) groups is 2. The number of carbonyl (C=O) groups excluding carboxylic acids is 2. The average Bonchev–Trinajstić information content (AvgIpc) is 2.57. The highest BCUT2D eigenvalue weighted by molar-refractivity contribution is 5.90. The van der Waals surface area contributed by atoms with Crippen molar-refractivity contribution in [3.05, 3.63) is 29.8 Å². The molecular weight excluding hydrogens is 302 g/mol. The van der Waals surface area contributed by atoms with Gasteiger partial charge in [-0.2, -0.15) is 0 Å². The predicted molar refractivity (Wildman–Crippen MR) is 97.0 cm³/mol. The summed E-state index contributed by atoms with van der Waals surface area (Å²) in [6.07, 6.45) is 4.12. The van der Waals surface area contributed by atoms with Crippen LogP contribution in [0.3, 0.4) is 0 Å². The third-order valence-corrected chi connectivity index (χ3v) is 4.46. The average molecular weight is 331 g/mol. The lowest BCUT2D eigenvalue weighted by molar-refractivity contribution is -0.132. The van der Waals surface area contributed by atoms with Crippen molar-refractivity contribution in [1.29, 1.82) is 0 Å². The maximum absolute atomic E-state index is 12.3. The van der Waals surface area contributed by atoms with Gasteiger partial charge < -0.3 is 15.1 Å². The number of amides is 2. The summed E-state index contributed by atoms with van der Waals surface area (Å²) in [5, 5.41) is 2.91. The van der Waals surface area contributed by atoms with E-state index in [9.17, 15) is 9.59 Å². The molecule has 0 unspecified atom stereocenters. The largest absolute Gasteiger partial charge is 0.340 e. The van der Waals surface area contributed by atoms with Crippen molar-refractivity contribution < 1.29 is 9.59 Å². The molecule has 5 nitrogen and oxygen atoms in total. The van der Waals surface area contributed by atoms with E-state index in [4.69, 9.17) is 0 Å². The zero-order chi connectivity index (χ0) is 17.4. The summed E-state index contributed by atoms with van der Waals surface area (Å²) in [4.78, 5) is 28.3. The van der Waals surface area contributed by atoms with E-state index in [1.165, 1.54) is 0 Å². The Hall–Kier alpha value is -1.88. The minimum Gasteiger partial charge on any atom is -0.340 e. The van der Waals surface area contributed by atoms with E-state index in [1.807, 2.05) is 29.2 Å². The maximum atomic E-state index is 12.3. The molecule has 1 aliphatic heterocycles. The number of hydrogen-bond donors (Lipinski definition) is 1. The molecule has 1 aliphatic rings. The highest BCUT2D eigenvalue weighted by Crippen LogP contribution is 2.13. The molecule has 0 bridgehead atoms. The summed E-state index contributed by atoms with van der Waals surface area (Å²) in [6, 6.07) is 7.61. The molecule has 0 aromatic heterocycles. The lowest BCUT2D eigenvalue weighted by Crippen LogP contribution is -2.47. The van der Waals surface area contributed by atoms with Crippen LogP contribution in [0.15, 0.2) is 24.3 Å². The minimum absolute atomic E-state index is 0.0599. The number of piperazine rings is 1. The molecular formula is C19H29N3O2. The minimum atomic E-state index is 0.0599. The standard InChI is InChI=1S/C19H29N3O2/c1-3-4-5-6-18(23)20-17-9-7-16(8-10-17)15-19(24)22-13-11-21(2)12-14-22/h7-10H,3-6,11-15H2,1-2H3,(H,20,23). The number of nitrogens with zero attached hydrogens (tertiary/aromatic N) is 2. The Labute approximate surface area is 145 Å². The van der Waals surface area contributed by atoms with Crippen LogP contribution in [0.4, 0.5) is 5.69 Å². The Morgan fingerprint density at radius 2 is 1.71 bits per heavy atom. The SMILES string of the molecule is CCCCCC(=O)Nc1ccc(CC(=O)N2CCN(C)CC2)cc1. The highest BCUT2D eigenvalue weighted by atomic mass is 16.2. The molecule has 1 aromatic rings. The van der Waals surface area contributed by atoms with E-state index >= 15 is 0 Å². The van der Waals surface area contributed by atoms with Gasteiger partial charge in [0.15, 0.2) is 0 Å². The van der Waals surface area contributed by atoms with E-state index in [2.05, 4.69) is 24.2 Å². The van der Waals surface area contributed by atoms with Gasteiger partial charge >= 0.3 is 0 Å². The molecule has 0 spiro atoms. The van der Waals surface area contributed by atoms with E-state index in [1.54, 1.807) is 0 Å². The first-order valence-corrected chi connectivity index (χ1v) is 8.93. The quantitative estimate of drug-likeness (QED) is 0.781. The first kappa shape index (κ1) is 18.5. The Bertz CT molecular complexity index is 534. The topological polar surface area (TPSA) is 52.7 Å². The summed E-state index contributed by atoms with van der Waals surface area (Å²) in [5.74, 6) is 0.240. The molecule has 1 saturated heterocycles. The van der Waals surface area contributed by atoms with Crippen molar-refractivity contribution in [1.82, 2.24) is 9.80 Å². The number of rotatable bonds is 7. The molecule has 0 radical (unpaired) electrons. The van der Waals surface area contributed by atoms with Crippen molar-refractivity contribution in [3.8, 4) is 0 Å². The Balaban J connectivity index is 1.79. The first-order valence-electron chi connectivity index (χ1n) is 8.93. The van der Waals surface area contributed by atoms with Crippen LogP contribution in [-0.2, 0) is 16.0 Å². The molecule has 132 valence electrons. The first-order chi connectivity index (χ1) is 11.6. The summed E-state index contributed by atoms with van der Waals surface area (Å²) in [5.41, 5.74) is 1.79. The van der Waals surface area contributed by atoms with Crippen molar-refractivity contribution in [3.63, 3.8) is 0 Å². The lowest BCUT2D eigenvalue weighted by Gasteiger charge is -2.32. The Kier molecular flexibility index (Phi) is 7.25. The Morgan fingerprint density at radius 3 is 2.33 bits per heavy atom. The van der Waals surface area contributed by atoms with E-state index in [0.717, 1.165) is 56.7 Å². The van der Waals surface area contributed by atoms with Crippen molar-refractivity contribution in [2.24, 2.45) is 0 Å². The third-order valence-electron chi connectivity index (χ3n) is 4.46. The van der Waals surface area contributed by atoms with Crippen molar-refractivity contribution in [2.45, 2.75) is 39.0 Å². The molecule has 1 fully saturated rings. The second-order valence-corrected chi connectivity index (χ2v) is 6.56. The van der Waals surface area contributed by atoms with Gasteiger partial charge in [0, 0.05) is 38.3 Å². The van der Waals surface area contributed by atoms with Crippen LogP contribution in [0.2, 0.25) is 0 Å². The molecule has 0 atom stereocenters. The van der Waals surface area contributed by atoms with Gasteiger partial charge in [-0.15, -0.1) is 0 Å². The number of nitrogens with one attached hydrogen (secondary N) is 1. The van der Waals surface area contributed by atoms with Crippen LogP contribution in [0.5, 0.6) is 0 Å². The molecule has 1 N–H and O–H groups in total. The molecule has 2 rings (SSSR count). The molecule has 1 heterocycles. The lowest BCUT2D eigenvalue weighted by atomic mass is 10.1. The normalized spacial score (nSPS) is 15.3. The van der Waals surface area contributed by atoms with Gasteiger partial charge in [-0.05, 0) is 31.2 Å². The molecule has 5 heteroatoms. The van der Waals surface area contributed by atoms with E-state index in [-0.39, 0.29) is 11.8 Å². The maximum Gasteiger partial charge on any atom is 0.227 e. The second kappa shape index (κ2) is 9.42. The van der Waals surface area contributed by atoms with Gasteiger partial charge in [0.1, 0.15) is 0 Å². The number of unbranched alkanes of at least 4 members (excludes halogenated alkanes) is 2. The third kappa shape index (κ3) is 5.96. The molecule has 2 amide bonds. The van der Waals surface area contributed by atoms with Crippen molar-refractivity contribution >= 4 is 17.5 Å². The predicted octanol–water partition coefficient (Wildman–Crippen LogP) is 2.52. The van der Waals surface area contributed by atoms with Gasteiger partial charge in [0.2, 0.25) is 11.8 Å². The fraction of sp³-hybridized carbons (Fsp3) is 0.579. The monoisotopic (exact) mass is 331 g/mol. The van der Waals surface area contributed by atoms with Gasteiger partial charge in [0.25, 0.3) is 0 Å². The molecule has 24 heavy (non-hydrogen) atoms. The number of anilines is 1. The van der Waals surface area contributed by atoms with Gasteiger partial charge in [-0.3, -0.25) is 9.59 Å². The molecule has 1 aromatic carbocycles. The highest BCUT2D eigenvalue weighted by Gasteiger charge is 2.18. The summed E-state index contributed by atoms with van der Waals surface area (Å²) in [6.45, 7) is 5.62. The zero-order valence-electron chi connectivity index (χ0n) is 14.9. The fourth-order valence-corrected chi connectivity index (χ4v) is 2.81. The number of benzene rings is 1.